The summed E-state index contributed by atoms with van der Waals surface area (Å²) in [6, 6.07) is 10.7. The maximum Gasteiger partial charge on any atom is 0.340 e. The number of ether oxygens (including phenoxy) is 1. The van der Waals surface area contributed by atoms with Gasteiger partial charge in [-0.15, -0.1) is 0 Å². The van der Waals surface area contributed by atoms with Crippen molar-refractivity contribution in [3.05, 3.63) is 63.6 Å². The quantitative estimate of drug-likeness (QED) is 0.596. The van der Waals surface area contributed by atoms with Crippen LogP contribution >= 0.6 is 23.2 Å². The summed E-state index contributed by atoms with van der Waals surface area (Å²) in [7, 11) is 0. The fourth-order valence-electron chi connectivity index (χ4n) is 1.94. The number of rotatable bonds is 6. The predicted octanol–water partition coefficient (Wildman–Crippen LogP) is 4.38. The number of halogens is 2. The summed E-state index contributed by atoms with van der Waals surface area (Å²) in [6.07, 6.45) is 0.365. The summed E-state index contributed by atoms with van der Waals surface area (Å²) in [5, 5.41) is 3.23. The van der Waals surface area contributed by atoms with Crippen LogP contribution < -0.4 is 5.32 Å². The fraction of sp³-hybridized carbons (Fsp3) is 0.167. The second kappa shape index (κ2) is 8.65. The van der Waals surface area contributed by atoms with Crippen molar-refractivity contribution in [1.29, 1.82) is 0 Å². The van der Waals surface area contributed by atoms with Crippen LogP contribution in [-0.4, -0.2) is 24.3 Å². The average molecular weight is 380 g/mol. The number of hydrogen-bond donors (Lipinski definition) is 1. The number of amides is 1. The Morgan fingerprint density at radius 1 is 1.04 bits per heavy atom. The molecule has 0 bridgehead atoms. The molecule has 0 spiro atoms. The Hall–Kier alpha value is -2.37. The molecule has 130 valence electrons. The maximum absolute atomic E-state index is 12.1. The first-order valence-electron chi connectivity index (χ1n) is 7.46. The molecule has 2 rings (SSSR count). The zero-order chi connectivity index (χ0) is 18.4. The van der Waals surface area contributed by atoms with Crippen molar-refractivity contribution in [1.82, 2.24) is 0 Å². The Bertz CT molecular complexity index is 803. The number of nitrogens with one attached hydrogen (secondary N) is 1. The molecule has 0 atom stereocenters. The SMILES string of the molecule is CCC(=O)Nc1ccc(C(=O)COC(=O)c2ccc(Cl)cc2Cl)cc1. The molecule has 0 aromatic heterocycles. The molecule has 2 aromatic carbocycles. The summed E-state index contributed by atoms with van der Waals surface area (Å²) in [4.78, 5) is 35.4. The van der Waals surface area contributed by atoms with Crippen molar-refractivity contribution >= 4 is 46.5 Å². The Morgan fingerprint density at radius 2 is 1.72 bits per heavy atom. The summed E-state index contributed by atoms with van der Waals surface area (Å²) in [5.74, 6) is -1.19. The van der Waals surface area contributed by atoms with E-state index in [9.17, 15) is 14.4 Å². The third-order valence-electron chi connectivity index (χ3n) is 3.30. The third kappa shape index (κ3) is 5.31. The van der Waals surface area contributed by atoms with Crippen LogP contribution in [0.2, 0.25) is 10.0 Å². The van der Waals surface area contributed by atoms with E-state index in [1.165, 1.54) is 18.2 Å². The van der Waals surface area contributed by atoms with Crippen LogP contribution in [0.3, 0.4) is 0 Å². The number of carbonyl (C=O) groups excluding carboxylic acids is 3. The normalized spacial score (nSPS) is 10.2. The van der Waals surface area contributed by atoms with E-state index in [2.05, 4.69) is 5.32 Å². The van der Waals surface area contributed by atoms with Gasteiger partial charge in [0, 0.05) is 22.7 Å². The monoisotopic (exact) mass is 379 g/mol. The molecule has 5 nitrogen and oxygen atoms in total. The van der Waals surface area contributed by atoms with Crippen molar-refractivity contribution < 1.29 is 19.1 Å². The Balaban J connectivity index is 1.95. The number of anilines is 1. The molecule has 0 fully saturated rings. The van der Waals surface area contributed by atoms with Crippen LogP contribution in [0.25, 0.3) is 0 Å². The van der Waals surface area contributed by atoms with Crippen LogP contribution in [0.4, 0.5) is 5.69 Å². The van der Waals surface area contributed by atoms with Crippen molar-refractivity contribution in [2.24, 2.45) is 0 Å². The van der Waals surface area contributed by atoms with E-state index in [0.29, 0.717) is 22.7 Å². The molecular weight excluding hydrogens is 365 g/mol. The van der Waals surface area contributed by atoms with E-state index in [1.54, 1.807) is 31.2 Å². The summed E-state index contributed by atoms with van der Waals surface area (Å²) < 4.78 is 4.99. The highest BCUT2D eigenvalue weighted by Crippen LogP contribution is 2.21. The molecule has 0 aliphatic rings. The zero-order valence-corrected chi connectivity index (χ0v) is 14.9. The molecule has 1 N–H and O–H groups in total. The van der Waals surface area contributed by atoms with Gasteiger partial charge in [-0.3, -0.25) is 9.59 Å². The lowest BCUT2D eigenvalue weighted by molar-refractivity contribution is -0.115. The van der Waals surface area contributed by atoms with Gasteiger partial charge in [0.2, 0.25) is 5.91 Å². The van der Waals surface area contributed by atoms with E-state index in [0.717, 1.165) is 0 Å². The van der Waals surface area contributed by atoms with Gasteiger partial charge < -0.3 is 10.1 Å². The van der Waals surface area contributed by atoms with Gasteiger partial charge >= 0.3 is 5.97 Å². The molecule has 2 aromatic rings. The topological polar surface area (TPSA) is 72.5 Å². The number of hydrogen-bond acceptors (Lipinski definition) is 4. The van der Waals surface area contributed by atoms with Gasteiger partial charge in [0.05, 0.1) is 10.6 Å². The molecule has 25 heavy (non-hydrogen) atoms. The molecular formula is C18H15Cl2NO4. The highest BCUT2D eigenvalue weighted by molar-refractivity contribution is 6.36. The molecule has 0 unspecified atom stereocenters. The minimum absolute atomic E-state index is 0.118. The van der Waals surface area contributed by atoms with Gasteiger partial charge in [0.25, 0.3) is 0 Å². The largest absolute Gasteiger partial charge is 0.454 e. The van der Waals surface area contributed by atoms with E-state index >= 15 is 0 Å². The summed E-state index contributed by atoms with van der Waals surface area (Å²) >= 11 is 11.7. The minimum atomic E-state index is -0.707. The molecule has 0 saturated carbocycles. The number of Topliss-reactive ketones (excluding diaryl/α,β-unsaturated/α-hetero) is 1. The van der Waals surface area contributed by atoms with Crippen molar-refractivity contribution in [2.75, 3.05) is 11.9 Å². The van der Waals surface area contributed by atoms with Gasteiger partial charge in [-0.25, -0.2) is 4.79 Å². The van der Waals surface area contributed by atoms with Crippen LogP contribution in [-0.2, 0) is 9.53 Å². The summed E-state index contributed by atoms with van der Waals surface area (Å²) in [6.45, 7) is 1.33. The van der Waals surface area contributed by atoms with Crippen LogP contribution in [0.5, 0.6) is 0 Å². The summed E-state index contributed by atoms with van der Waals surface area (Å²) in [5.41, 5.74) is 1.09. The van der Waals surface area contributed by atoms with E-state index in [1.807, 2.05) is 0 Å². The van der Waals surface area contributed by atoms with Crippen LogP contribution in [0.1, 0.15) is 34.1 Å². The second-order valence-corrected chi connectivity index (χ2v) is 5.95. The first-order chi connectivity index (χ1) is 11.9. The van der Waals surface area contributed by atoms with Crippen LogP contribution in [0.15, 0.2) is 42.5 Å². The van der Waals surface area contributed by atoms with E-state index < -0.39 is 12.6 Å². The molecule has 0 heterocycles. The minimum Gasteiger partial charge on any atom is -0.454 e. The van der Waals surface area contributed by atoms with E-state index in [4.69, 9.17) is 27.9 Å². The second-order valence-electron chi connectivity index (χ2n) is 5.10. The van der Waals surface area contributed by atoms with Crippen molar-refractivity contribution in [3.8, 4) is 0 Å². The van der Waals surface area contributed by atoms with Gasteiger partial charge in [-0.1, -0.05) is 30.1 Å². The lowest BCUT2D eigenvalue weighted by Crippen LogP contribution is -2.15. The smallest absolute Gasteiger partial charge is 0.340 e. The standard InChI is InChI=1S/C18H15Cl2NO4/c1-2-17(23)21-13-6-3-11(4-7-13)16(22)10-25-18(24)14-8-5-12(19)9-15(14)20/h3-9H,2,10H2,1H3,(H,21,23). The zero-order valence-electron chi connectivity index (χ0n) is 13.3. The lowest BCUT2D eigenvalue weighted by Gasteiger charge is -2.07. The van der Waals surface area contributed by atoms with Gasteiger partial charge in [-0.05, 0) is 42.5 Å². The lowest BCUT2D eigenvalue weighted by atomic mass is 10.1. The van der Waals surface area contributed by atoms with Crippen molar-refractivity contribution in [3.63, 3.8) is 0 Å². The third-order valence-corrected chi connectivity index (χ3v) is 3.84. The number of benzene rings is 2. The highest BCUT2D eigenvalue weighted by Gasteiger charge is 2.15. The Labute approximate surface area is 154 Å². The van der Waals surface area contributed by atoms with Crippen molar-refractivity contribution in [2.45, 2.75) is 13.3 Å². The maximum atomic E-state index is 12.1. The molecule has 0 radical (unpaired) electrons. The average Bonchev–Trinajstić information content (AvgIpc) is 2.60. The molecule has 7 heteroatoms. The molecule has 0 aliphatic heterocycles. The predicted molar refractivity (Wildman–Crippen MR) is 96.4 cm³/mol. The van der Waals surface area contributed by atoms with Gasteiger partial charge in [-0.2, -0.15) is 0 Å². The van der Waals surface area contributed by atoms with Gasteiger partial charge in [0.15, 0.2) is 12.4 Å². The fourth-order valence-corrected chi connectivity index (χ4v) is 2.42. The molecule has 0 aliphatic carbocycles. The van der Waals surface area contributed by atoms with E-state index in [-0.39, 0.29) is 22.3 Å². The first kappa shape index (κ1) is 19.0. The Kier molecular flexibility index (Phi) is 6.56. The highest BCUT2D eigenvalue weighted by atomic mass is 35.5. The van der Waals surface area contributed by atoms with Crippen LogP contribution in [0, 0.1) is 0 Å². The molecule has 1 amide bonds. The Morgan fingerprint density at radius 3 is 2.32 bits per heavy atom. The van der Waals surface area contributed by atoms with Gasteiger partial charge in [0.1, 0.15) is 0 Å². The molecule has 0 saturated heterocycles. The first-order valence-corrected chi connectivity index (χ1v) is 8.21. The number of carbonyl (C=O) groups is 3. The number of esters is 1. The number of ketones is 1.